The predicted molar refractivity (Wildman–Crippen MR) is 116 cm³/mol. The quantitative estimate of drug-likeness (QED) is 0.314. The number of esters is 1. The van der Waals surface area contributed by atoms with Gasteiger partial charge in [-0.25, -0.2) is 9.79 Å². The van der Waals surface area contributed by atoms with Gasteiger partial charge in [0.05, 0.1) is 20.3 Å². The summed E-state index contributed by atoms with van der Waals surface area (Å²) >= 11 is 0. The molecule has 0 atom stereocenters. The number of carbonyl (C=O) groups is 1. The Morgan fingerprint density at radius 3 is 2.50 bits per heavy atom. The maximum atomic E-state index is 12.3. The standard InChI is InChI=1S/C24H27NO5/c1-4-6-7-14-29-21-13-8-17(16-22(21)28-5-2)15-20-24(26)30-23(25-20)18-9-11-19(27-3)12-10-18/h8-13,15-16H,4-7,14H2,1-3H3/b20-15+. The van der Waals surface area contributed by atoms with E-state index in [1.165, 1.54) is 0 Å². The third-order valence-corrected chi connectivity index (χ3v) is 4.53. The largest absolute Gasteiger partial charge is 0.497 e. The van der Waals surface area contributed by atoms with Gasteiger partial charge in [-0.05, 0) is 61.4 Å². The molecule has 2 aromatic rings. The summed E-state index contributed by atoms with van der Waals surface area (Å²) < 4.78 is 22.1. The van der Waals surface area contributed by atoms with Crippen LogP contribution in [-0.4, -0.2) is 32.2 Å². The Morgan fingerprint density at radius 1 is 1.00 bits per heavy atom. The van der Waals surface area contributed by atoms with Gasteiger partial charge in [0.1, 0.15) is 5.75 Å². The SMILES string of the molecule is CCCCCOc1ccc(/C=C2/N=C(c3ccc(OC)cc3)OC2=O)cc1OCC. The number of benzene rings is 2. The molecule has 0 fully saturated rings. The van der Waals surface area contributed by atoms with Crippen molar-refractivity contribution in [3.8, 4) is 17.2 Å². The molecule has 0 spiro atoms. The summed E-state index contributed by atoms with van der Waals surface area (Å²) in [6.07, 6.45) is 4.96. The zero-order valence-corrected chi connectivity index (χ0v) is 17.6. The molecule has 6 nitrogen and oxygen atoms in total. The van der Waals surface area contributed by atoms with Crippen LogP contribution in [0.1, 0.15) is 44.2 Å². The highest BCUT2D eigenvalue weighted by Gasteiger charge is 2.24. The summed E-state index contributed by atoms with van der Waals surface area (Å²) in [5.41, 5.74) is 1.73. The van der Waals surface area contributed by atoms with Crippen LogP contribution in [0.4, 0.5) is 0 Å². The van der Waals surface area contributed by atoms with Gasteiger partial charge < -0.3 is 18.9 Å². The molecule has 1 heterocycles. The average molecular weight is 409 g/mol. The van der Waals surface area contributed by atoms with Gasteiger partial charge in [0.2, 0.25) is 5.90 Å². The van der Waals surface area contributed by atoms with E-state index in [4.69, 9.17) is 18.9 Å². The van der Waals surface area contributed by atoms with Crippen LogP contribution in [0.5, 0.6) is 17.2 Å². The number of hydrogen-bond donors (Lipinski definition) is 0. The third-order valence-electron chi connectivity index (χ3n) is 4.53. The van der Waals surface area contributed by atoms with E-state index in [2.05, 4.69) is 11.9 Å². The molecule has 1 aliphatic heterocycles. The smallest absolute Gasteiger partial charge is 0.363 e. The number of carbonyl (C=O) groups excluding carboxylic acids is 1. The van der Waals surface area contributed by atoms with Gasteiger partial charge in [-0.3, -0.25) is 0 Å². The van der Waals surface area contributed by atoms with Crippen LogP contribution >= 0.6 is 0 Å². The summed E-state index contributed by atoms with van der Waals surface area (Å²) in [6.45, 7) is 5.25. The molecule has 158 valence electrons. The molecule has 0 bridgehead atoms. The van der Waals surface area contributed by atoms with Crippen molar-refractivity contribution < 1.29 is 23.7 Å². The number of aliphatic imine (C=N–C) groups is 1. The normalized spacial score (nSPS) is 14.4. The molecule has 0 saturated heterocycles. The first-order chi connectivity index (χ1) is 14.6. The molecule has 6 heteroatoms. The highest BCUT2D eigenvalue weighted by molar-refractivity contribution is 6.12. The average Bonchev–Trinajstić information content (AvgIpc) is 3.13. The lowest BCUT2D eigenvalue weighted by Gasteiger charge is -2.12. The van der Waals surface area contributed by atoms with E-state index in [1.54, 1.807) is 37.5 Å². The van der Waals surface area contributed by atoms with Crippen LogP contribution in [0, 0.1) is 0 Å². The van der Waals surface area contributed by atoms with Crippen molar-refractivity contribution in [2.45, 2.75) is 33.1 Å². The van der Waals surface area contributed by atoms with Gasteiger partial charge in [-0.15, -0.1) is 0 Å². The molecule has 0 aliphatic carbocycles. The van der Waals surface area contributed by atoms with Gasteiger partial charge in [0.25, 0.3) is 0 Å². The number of unbranched alkanes of at least 4 members (excludes halogenated alkanes) is 2. The van der Waals surface area contributed by atoms with Crippen molar-refractivity contribution >= 4 is 17.9 Å². The first-order valence-corrected chi connectivity index (χ1v) is 10.2. The highest BCUT2D eigenvalue weighted by Crippen LogP contribution is 2.30. The van der Waals surface area contributed by atoms with Crippen LogP contribution in [0.2, 0.25) is 0 Å². The Bertz CT molecular complexity index is 931. The fraction of sp³-hybridized carbons (Fsp3) is 0.333. The fourth-order valence-electron chi connectivity index (χ4n) is 2.96. The summed E-state index contributed by atoms with van der Waals surface area (Å²) in [4.78, 5) is 16.6. The Hall–Kier alpha value is -3.28. The van der Waals surface area contributed by atoms with Crippen molar-refractivity contribution in [2.24, 2.45) is 4.99 Å². The molecule has 0 N–H and O–H groups in total. The van der Waals surface area contributed by atoms with Crippen LogP contribution in [0.3, 0.4) is 0 Å². The number of cyclic esters (lactones) is 1. The number of rotatable bonds is 10. The molecular formula is C24H27NO5. The number of nitrogens with zero attached hydrogens (tertiary/aromatic N) is 1. The van der Waals surface area contributed by atoms with Crippen LogP contribution in [-0.2, 0) is 9.53 Å². The monoisotopic (exact) mass is 409 g/mol. The second kappa shape index (κ2) is 10.5. The fourth-order valence-corrected chi connectivity index (χ4v) is 2.96. The van der Waals surface area contributed by atoms with Gasteiger partial charge in [0.15, 0.2) is 17.2 Å². The van der Waals surface area contributed by atoms with Crippen molar-refractivity contribution in [3.05, 3.63) is 59.3 Å². The maximum absolute atomic E-state index is 12.3. The van der Waals surface area contributed by atoms with E-state index >= 15 is 0 Å². The lowest BCUT2D eigenvalue weighted by Crippen LogP contribution is -2.05. The topological polar surface area (TPSA) is 66.3 Å². The van der Waals surface area contributed by atoms with Gasteiger partial charge in [-0.1, -0.05) is 25.8 Å². The number of methoxy groups -OCH3 is 1. The minimum absolute atomic E-state index is 0.236. The Kier molecular flexibility index (Phi) is 7.49. The summed E-state index contributed by atoms with van der Waals surface area (Å²) in [5, 5.41) is 0. The van der Waals surface area contributed by atoms with E-state index in [1.807, 2.05) is 25.1 Å². The summed E-state index contributed by atoms with van der Waals surface area (Å²) in [7, 11) is 1.60. The van der Waals surface area contributed by atoms with Gasteiger partial charge in [0, 0.05) is 5.56 Å². The van der Waals surface area contributed by atoms with Crippen LogP contribution < -0.4 is 14.2 Å². The van der Waals surface area contributed by atoms with Crippen molar-refractivity contribution in [2.75, 3.05) is 20.3 Å². The van der Waals surface area contributed by atoms with Gasteiger partial charge >= 0.3 is 5.97 Å². The number of hydrogen-bond acceptors (Lipinski definition) is 6. The molecule has 1 aliphatic rings. The van der Waals surface area contributed by atoms with E-state index in [9.17, 15) is 4.79 Å². The van der Waals surface area contributed by atoms with Gasteiger partial charge in [-0.2, -0.15) is 0 Å². The predicted octanol–water partition coefficient (Wildman–Crippen LogP) is 5.01. The molecule has 0 aromatic heterocycles. The second-order valence-corrected chi connectivity index (χ2v) is 6.76. The molecule has 0 radical (unpaired) electrons. The first kappa shape index (κ1) is 21.4. The molecule has 2 aromatic carbocycles. The van der Waals surface area contributed by atoms with E-state index in [-0.39, 0.29) is 11.6 Å². The minimum Gasteiger partial charge on any atom is -0.497 e. The lowest BCUT2D eigenvalue weighted by molar-refractivity contribution is -0.129. The van der Waals surface area contributed by atoms with Crippen molar-refractivity contribution in [1.82, 2.24) is 0 Å². The van der Waals surface area contributed by atoms with Crippen molar-refractivity contribution in [3.63, 3.8) is 0 Å². The zero-order valence-electron chi connectivity index (χ0n) is 17.6. The summed E-state index contributed by atoms with van der Waals surface area (Å²) in [5.74, 6) is 1.86. The third kappa shape index (κ3) is 5.41. The Labute approximate surface area is 177 Å². The second-order valence-electron chi connectivity index (χ2n) is 6.76. The molecular weight excluding hydrogens is 382 g/mol. The Balaban J connectivity index is 1.79. The highest BCUT2D eigenvalue weighted by atomic mass is 16.6. The minimum atomic E-state index is -0.487. The maximum Gasteiger partial charge on any atom is 0.363 e. The Morgan fingerprint density at radius 2 is 1.80 bits per heavy atom. The van der Waals surface area contributed by atoms with E-state index in [0.717, 1.165) is 30.6 Å². The van der Waals surface area contributed by atoms with E-state index in [0.29, 0.717) is 30.3 Å². The lowest BCUT2D eigenvalue weighted by atomic mass is 10.1. The first-order valence-electron chi connectivity index (χ1n) is 10.2. The zero-order chi connectivity index (χ0) is 21.3. The molecule has 3 rings (SSSR count). The van der Waals surface area contributed by atoms with Crippen LogP contribution in [0.25, 0.3) is 6.08 Å². The molecule has 0 saturated carbocycles. The number of ether oxygens (including phenoxy) is 4. The van der Waals surface area contributed by atoms with E-state index < -0.39 is 5.97 Å². The van der Waals surface area contributed by atoms with Crippen molar-refractivity contribution in [1.29, 1.82) is 0 Å². The molecule has 0 unspecified atom stereocenters. The molecule has 0 amide bonds. The summed E-state index contributed by atoms with van der Waals surface area (Å²) in [6, 6.07) is 12.8. The molecule has 30 heavy (non-hydrogen) atoms. The van der Waals surface area contributed by atoms with Crippen LogP contribution in [0.15, 0.2) is 53.2 Å².